The third-order valence-electron chi connectivity index (χ3n) is 2.04. The van der Waals surface area contributed by atoms with Gasteiger partial charge < -0.3 is 0 Å². The van der Waals surface area contributed by atoms with Gasteiger partial charge in [-0.25, -0.2) is 0 Å². The summed E-state index contributed by atoms with van der Waals surface area (Å²) in [6.07, 6.45) is 2.70. The van der Waals surface area contributed by atoms with Crippen molar-refractivity contribution in [2.75, 3.05) is 12.3 Å². The summed E-state index contributed by atoms with van der Waals surface area (Å²) in [6.45, 7) is 4.59. The van der Waals surface area contributed by atoms with E-state index < -0.39 is 0 Å². The van der Waals surface area contributed by atoms with Gasteiger partial charge in [-0.15, -0.1) is 0 Å². The fraction of sp³-hybridized carbons (Fsp3) is 0.400. The van der Waals surface area contributed by atoms with Crippen molar-refractivity contribution in [1.82, 2.24) is 0 Å². The van der Waals surface area contributed by atoms with E-state index in [2.05, 4.69) is 53.4 Å². The Morgan fingerprint density at radius 1 is 1.08 bits per heavy atom. The van der Waals surface area contributed by atoms with Gasteiger partial charge in [-0.05, 0) is 26.0 Å². The molecule has 0 aliphatic carbocycles. The third-order valence-corrected chi connectivity index (χ3v) is 4.89. The molecule has 0 heterocycles. The SMILES string of the molecule is CC[PH+](CC)c1ccccc1.[Cl][Au]. The van der Waals surface area contributed by atoms with Crippen LogP contribution in [0.15, 0.2) is 30.3 Å². The minimum absolute atomic E-state index is 0.201. The summed E-state index contributed by atoms with van der Waals surface area (Å²) in [5, 5.41) is 1.59. The van der Waals surface area contributed by atoms with Crippen LogP contribution in [-0.4, -0.2) is 12.3 Å². The van der Waals surface area contributed by atoms with Crippen molar-refractivity contribution in [3.05, 3.63) is 30.3 Å². The van der Waals surface area contributed by atoms with Crippen molar-refractivity contribution in [3.63, 3.8) is 0 Å². The molecule has 0 aromatic heterocycles. The van der Waals surface area contributed by atoms with Gasteiger partial charge in [0.2, 0.25) is 0 Å². The molecule has 0 saturated heterocycles. The van der Waals surface area contributed by atoms with Crippen LogP contribution in [0.3, 0.4) is 0 Å². The molecule has 78 valence electrons. The van der Waals surface area contributed by atoms with Gasteiger partial charge in [0, 0.05) is 7.92 Å². The molecule has 0 atom stereocenters. The van der Waals surface area contributed by atoms with Gasteiger partial charge in [0.15, 0.2) is 0 Å². The molecule has 13 heavy (non-hydrogen) atoms. The van der Waals surface area contributed by atoms with Crippen molar-refractivity contribution in [2.45, 2.75) is 13.8 Å². The van der Waals surface area contributed by atoms with E-state index in [1.807, 2.05) is 0 Å². The molecule has 0 unspecified atom stereocenters. The van der Waals surface area contributed by atoms with Crippen LogP contribution < -0.4 is 5.30 Å². The Morgan fingerprint density at radius 3 is 1.92 bits per heavy atom. The second-order valence-electron chi connectivity index (χ2n) is 2.68. The molecule has 0 spiro atoms. The number of hydrogen-bond donors (Lipinski definition) is 0. The van der Waals surface area contributed by atoms with Gasteiger partial charge in [0.1, 0.15) is 0 Å². The Morgan fingerprint density at radius 2 is 1.54 bits per heavy atom. The standard InChI is InChI=1S/C10H15P.Au.ClH/c1-3-11(4-2)10-8-6-5-7-9-10;;/h5-9H,3-4H2,1-2H3;;1H/q;+1;. The molecule has 0 N–H and O–H groups in total. The summed E-state index contributed by atoms with van der Waals surface area (Å²) in [6, 6.07) is 10.9. The van der Waals surface area contributed by atoms with E-state index in [0.717, 1.165) is 0 Å². The topological polar surface area (TPSA) is 0 Å². The van der Waals surface area contributed by atoms with E-state index in [1.54, 1.807) is 25.3 Å². The van der Waals surface area contributed by atoms with Crippen LogP contribution in [0.5, 0.6) is 0 Å². The van der Waals surface area contributed by atoms with Crippen molar-refractivity contribution < 1.29 is 20.0 Å². The predicted molar refractivity (Wildman–Crippen MR) is 61.3 cm³/mol. The van der Waals surface area contributed by atoms with Crippen LogP contribution in [0.4, 0.5) is 0 Å². The molecule has 3 heteroatoms. The molecular formula is C10H16AuClP+. The van der Waals surface area contributed by atoms with Crippen LogP contribution in [0, 0.1) is 0 Å². The van der Waals surface area contributed by atoms with Crippen molar-refractivity contribution in [3.8, 4) is 0 Å². The molecule has 0 saturated carbocycles. The Hall–Kier alpha value is 0.680. The van der Waals surface area contributed by atoms with E-state index in [9.17, 15) is 0 Å². The third kappa shape index (κ3) is 5.20. The summed E-state index contributed by atoms with van der Waals surface area (Å²) in [5.41, 5.74) is 0. The summed E-state index contributed by atoms with van der Waals surface area (Å²) >= 11 is 1.75. The monoisotopic (exact) mass is 399 g/mol. The van der Waals surface area contributed by atoms with E-state index in [4.69, 9.17) is 0 Å². The molecule has 0 radical (unpaired) electrons. The molecule has 1 rings (SSSR count). The molecule has 1 aromatic carbocycles. The van der Waals surface area contributed by atoms with Crippen molar-refractivity contribution >= 4 is 22.4 Å². The number of hydrogen-bond acceptors (Lipinski definition) is 0. The van der Waals surface area contributed by atoms with Crippen molar-refractivity contribution in [1.29, 1.82) is 0 Å². The average Bonchev–Trinajstić information content (AvgIpc) is 2.24. The zero-order chi connectivity index (χ0) is 10.1. The van der Waals surface area contributed by atoms with Crippen LogP contribution in [-0.2, 0) is 20.0 Å². The van der Waals surface area contributed by atoms with Gasteiger partial charge >= 0.3 is 29.2 Å². The number of rotatable bonds is 3. The quantitative estimate of drug-likeness (QED) is 0.541. The molecule has 0 bridgehead atoms. The molecule has 0 aliphatic heterocycles. The number of benzene rings is 1. The molecule has 0 nitrogen and oxygen atoms in total. The van der Waals surface area contributed by atoms with Crippen LogP contribution in [0.2, 0.25) is 0 Å². The summed E-state index contributed by atoms with van der Waals surface area (Å²) in [4.78, 5) is 0. The zero-order valence-electron chi connectivity index (χ0n) is 7.98. The Balaban J connectivity index is 0.000000671. The van der Waals surface area contributed by atoms with Crippen LogP contribution in [0.1, 0.15) is 13.8 Å². The minimum atomic E-state index is -0.201. The van der Waals surface area contributed by atoms with Crippen molar-refractivity contribution in [2.24, 2.45) is 0 Å². The Bertz CT molecular complexity index is 199. The van der Waals surface area contributed by atoms with Gasteiger partial charge in [0.25, 0.3) is 0 Å². The maximum atomic E-state index is 4.58. The van der Waals surface area contributed by atoms with Gasteiger partial charge in [-0.1, -0.05) is 18.2 Å². The average molecular weight is 400 g/mol. The predicted octanol–water partition coefficient (Wildman–Crippen LogP) is 3.25. The Labute approximate surface area is 98.6 Å². The molecule has 0 aliphatic rings. The second-order valence-corrected chi connectivity index (χ2v) is 5.88. The Kier molecular flexibility index (Phi) is 9.73. The van der Waals surface area contributed by atoms with Crippen LogP contribution in [0.25, 0.3) is 0 Å². The first-order chi connectivity index (χ1) is 6.38. The van der Waals surface area contributed by atoms with E-state index in [1.165, 1.54) is 12.3 Å². The first-order valence-electron chi connectivity index (χ1n) is 4.40. The first-order valence-corrected chi connectivity index (χ1v) is 8.99. The molecule has 1 aromatic rings. The summed E-state index contributed by atoms with van der Waals surface area (Å²) < 4.78 is 0. The van der Waals surface area contributed by atoms with E-state index >= 15 is 0 Å². The van der Waals surface area contributed by atoms with Gasteiger partial charge in [-0.3, -0.25) is 0 Å². The van der Waals surface area contributed by atoms with Gasteiger partial charge in [-0.2, -0.15) is 0 Å². The van der Waals surface area contributed by atoms with Crippen LogP contribution >= 0.6 is 17.1 Å². The summed E-state index contributed by atoms with van der Waals surface area (Å²) in [5.74, 6) is 0. The number of halogens is 1. The summed E-state index contributed by atoms with van der Waals surface area (Å²) in [7, 11) is 4.38. The zero-order valence-corrected chi connectivity index (χ0v) is 11.9. The van der Waals surface area contributed by atoms with E-state index in [0.29, 0.717) is 0 Å². The fourth-order valence-corrected chi connectivity index (χ4v) is 3.31. The van der Waals surface area contributed by atoms with E-state index in [-0.39, 0.29) is 7.92 Å². The molecule has 0 amide bonds. The molecule has 0 fully saturated rings. The second kappa shape index (κ2) is 9.24. The normalized spacial score (nSPS) is 9.38. The first kappa shape index (κ1) is 13.7. The maximum absolute atomic E-state index is 4.58. The van der Waals surface area contributed by atoms with Gasteiger partial charge in [0.05, 0.1) is 17.6 Å². The molecular weight excluding hydrogens is 384 g/mol. The fourth-order valence-electron chi connectivity index (χ4n) is 1.33.